The van der Waals surface area contributed by atoms with Crippen LogP contribution in [0.3, 0.4) is 0 Å². The van der Waals surface area contributed by atoms with E-state index in [1.807, 2.05) is 25.2 Å². The van der Waals surface area contributed by atoms with Crippen LogP contribution in [-0.4, -0.2) is 19.5 Å². The lowest BCUT2D eigenvalue weighted by atomic mass is 9.73. The molecular weight excluding hydrogens is 659 g/mol. The molecule has 5 aromatic carbocycles. The number of allylic oxidation sites excluding steroid dienone is 8. The molecule has 0 saturated carbocycles. The van der Waals surface area contributed by atoms with E-state index < -0.39 is 0 Å². The van der Waals surface area contributed by atoms with Crippen LogP contribution >= 0.6 is 0 Å². The number of rotatable bonds is 6. The van der Waals surface area contributed by atoms with E-state index in [1.165, 1.54) is 33.3 Å². The van der Waals surface area contributed by atoms with E-state index in [0.29, 0.717) is 23.0 Å². The molecule has 0 bridgehead atoms. The number of para-hydroxylation sites is 3. The maximum Gasteiger partial charge on any atom is 0.172 e. The second kappa shape index (κ2) is 13.3. The predicted octanol–water partition coefficient (Wildman–Crippen LogP) is 11.9. The lowest BCUT2D eigenvalue weighted by Crippen LogP contribution is -2.30. The normalized spacial score (nSPS) is 16.1. The highest BCUT2D eigenvalue weighted by molar-refractivity contribution is 6.11. The van der Waals surface area contributed by atoms with Gasteiger partial charge in [-0.15, -0.1) is 6.42 Å². The molecule has 260 valence electrons. The lowest BCUT2D eigenvalue weighted by Gasteiger charge is -2.42. The van der Waals surface area contributed by atoms with E-state index in [9.17, 15) is 0 Å². The Hall–Kier alpha value is -6.77. The summed E-state index contributed by atoms with van der Waals surface area (Å²) in [5, 5.41) is 2.39. The first kappa shape index (κ1) is 33.1. The van der Waals surface area contributed by atoms with Crippen LogP contribution in [0.5, 0.6) is 0 Å². The van der Waals surface area contributed by atoms with Crippen LogP contribution in [0.25, 0.3) is 44.5 Å². The minimum atomic E-state index is -0.246. The molecule has 1 atom stereocenters. The summed E-state index contributed by atoms with van der Waals surface area (Å²) in [7, 11) is 0. The van der Waals surface area contributed by atoms with Gasteiger partial charge in [0.15, 0.2) is 11.6 Å². The number of hydrogen-bond acceptors (Lipinski definition) is 4. The highest BCUT2D eigenvalue weighted by atomic mass is 15.2. The number of anilines is 3. The fourth-order valence-corrected chi connectivity index (χ4v) is 8.04. The van der Waals surface area contributed by atoms with E-state index >= 15 is 0 Å². The van der Waals surface area contributed by atoms with Crippen molar-refractivity contribution in [2.45, 2.75) is 38.5 Å². The third-order valence-corrected chi connectivity index (χ3v) is 10.7. The average Bonchev–Trinajstić information content (AvgIpc) is 3.55. The molecule has 1 aliphatic carbocycles. The zero-order valence-electron chi connectivity index (χ0n) is 30.6. The van der Waals surface area contributed by atoms with Gasteiger partial charge in [0.25, 0.3) is 0 Å². The molecule has 0 N–H and O–H groups in total. The summed E-state index contributed by atoms with van der Waals surface area (Å²) in [5.41, 5.74) is 10.7. The molecular formula is C49H39N5. The molecule has 7 aromatic rings. The van der Waals surface area contributed by atoms with Crippen molar-refractivity contribution < 1.29 is 0 Å². The third kappa shape index (κ3) is 5.47. The molecule has 2 aromatic heterocycles. The largest absolute Gasteiger partial charge is 0.310 e. The van der Waals surface area contributed by atoms with E-state index in [1.54, 1.807) is 0 Å². The Balaban J connectivity index is 1.26. The van der Waals surface area contributed by atoms with Gasteiger partial charge in [0, 0.05) is 39.0 Å². The zero-order valence-corrected chi connectivity index (χ0v) is 30.6. The highest BCUT2D eigenvalue weighted by Crippen LogP contribution is 2.53. The molecule has 0 radical (unpaired) electrons. The number of benzene rings is 5. The van der Waals surface area contributed by atoms with Crippen molar-refractivity contribution in [3.05, 3.63) is 181 Å². The van der Waals surface area contributed by atoms with E-state index in [4.69, 9.17) is 21.4 Å². The van der Waals surface area contributed by atoms with Gasteiger partial charge in [-0.05, 0) is 79.1 Å². The molecule has 1 unspecified atom stereocenters. The zero-order chi connectivity index (χ0) is 36.8. The van der Waals surface area contributed by atoms with Crippen molar-refractivity contribution in [2.24, 2.45) is 0 Å². The van der Waals surface area contributed by atoms with E-state index in [-0.39, 0.29) is 11.3 Å². The van der Waals surface area contributed by atoms with Crippen molar-refractivity contribution in [1.82, 2.24) is 19.5 Å². The molecule has 0 amide bonds. The minimum absolute atomic E-state index is 0.0341. The minimum Gasteiger partial charge on any atom is -0.310 e. The Morgan fingerprint density at radius 3 is 2.37 bits per heavy atom. The maximum absolute atomic E-state index is 6.01. The van der Waals surface area contributed by atoms with Gasteiger partial charge in [-0.3, -0.25) is 0 Å². The summed E-state index contributed by atoms with van der Waals surface area (Å²) in [6.07, 6.45) is 21.0. The molecule has 5 heteroatoms. The van der Waals surface area contributed by atoms with E-state index in [2.05, 4.69) is 169 Å². The monoisotopic (exact) mass is 697 g/mol. The van der Waals surface area contributed by atoms with Crippen LogP contribution in [-0.2, 0) is 5.41 Å². The van der Waals surface area contributed by atoms with Crippen molar-refractivity contribution in [1.29, 1.82) is 0 Å². The highest BCUT2D eigenvalue weighted by Gasteiger charge is 2.37. The van der Waals surface area contributed by atoms with Gasteiger partial charge in [-0.2, -0.15) is 0 Å². The van der Waals surface area contributed by atoms with Crippen molar-refractivity contribution in [3.8, 4) is 29.4 Å². The smallest absolute Gasteiger partial charge is 0.172 e. The fraction of sp³-hybridized carbons (Fsp3) is 0.122. The Morgan fingerprint density at radius 1 is 0.759 bits per heavy atom. The molecule has 0 spiro atoms. The summed E-state index contributed by atoms with van der Waals surface area (Å²) in [4.78, 5) is 17.4. The molecule has 0 saturated heterocycles. The van der Waals surface area contributed by atoms with Crippen LogP contribution in [0.4, 0.5) is 17.1 Å². The predicted molar refractivity (Wildman–Crippen MR) is 224 cm³/mol. The summed E-state index contributed by atoms with van der Waals surface area (Å²) in [6.45, 7) is 6.65. The number of hydrogen-bond donors (Lipinski definition) is 0. The summed E-state index contributed by atoms with van der Waals surface area (Å²) in [5.74, 6) is 4.64. The SMILES string of the molecule is C#C/C(=C\C=C/C)c1nc(-c2cccc(-n3c4ccccc4c4cc5c(cc43)C(C)(C)c3ccccc3N5c3ccccc3)c2)nc(C2C=CC=CC2)n1. The topological polar surface area (TPSA) is 46.8 Å². The van der Waals surface area contributed by atoms with Gasteiger partial charge in [0.1, 0.15) is 5.82 Å². The number of fused-ring (bicyclic) bond motifs is 5. The summed E-state index contributed by atoms with van der Waals surface area (Å²) >= 11 is 0. The molecule has 0 fully saturated rings. The second-order valence-corrected chi connectivity index (χ2v) is 14.3. The quantitative estimate of drug-likeness (QED) is 0.128. The number of terminal acetylenes is 1. The van der Waals surface area contributed by atoms with Crippen LogP contribution in [0.1, 0.15) is 55.9 Å². The molecule has 5 nitrogen and oxygen atoms in total. The van der Waals surface area contributed by atoms with Gasteiger partial charge >= 0.3 is 0 Å². The summed E-state index contributed by atoms with van der Waals surface area (Å²) < 4.78 is 2.38. The van der Waals surface area contributed by atoms with Crippen molar-refractivity contribution in [2.75, 3.05) is 4.90 Å². The molecule has 54 heavy (non-hydrogen) atoms. The maximum atomic E-state index is 6.01. The third-order valence-electron chi connectivity index (χ3n) is 10.7. The Morgan fingerprint density at radius 2 is 1.56 bits per heavy atom. The van der Waals surface area contributed by atoms with Gasteiger partial charge in [-0.25, -0.2) is 15.0 Å². The van der Waals surface area contributed by atoms with Crippen LogP contribution in [0.2, 0.25) is 0 Å². The van der Waals surface area contributed by atoms with Crippen LogP contribution < -0.4 is 4.90 Å². The Kier molecular flexibility index (Phi) is 8.17. The molecule has 9 rings (SSSR count). The first-order valence-electron chi connectivity index (χ1n) is 18.5. The lowest BCUT2D eigenvalue weighted by molar-refractivity contribution is 0.632. The standard InChI is InChI=1S/C49H39N5/c1-5-7-19-33(6-2)46-50-47(34-20-10-8-11-21-34)52-48(51-46)35-22-18-25-37(30-35)54-42-28-16-14-26-38(42)39-31-45-41(32-44(39)54)49(3,4)40-27-15-17-29-43(40)53(45)36-23-12-9-13-24-36/h2,5,7-20,22-32,34H,21H2,1,3-4H3/b7-5-,33-19+. The van der Waals surface area contributed by atoms with Gasteiger partial charge in [-0.1, -0.05) is 123 Å². The van der Waals surface area contributed by atoms with Crippen LogP contribution in [0, 0.1) is 12.3 Å². The summed E-state index contributed by atoms with van der Waals surface area (Å²) in [6, 6.07) is 41.5. The second-order valence-electron chi connectivity index (χ2n) is 14.3. The Bertz CT molecular complexity index is 2750. The molecule has 2 aliphatic rings. The van der Waals surface area contributed by atoms with Crippen molar-refractivity contribution in [3.63, 3.8) is 0 Å². The number of aromatic nitrogens is 4. The first-order chi connectivity index (χ1) is 26.5. The molecule has 3 heterocycles. The van der Waals surface area contributed by atoms with Gasteiger partial charge in [0.05, 0.1) is 28.0 Å². The number of nitrogens with zero attached hydrogens (tertiary/aromatic N) is 5. The van der Waals surface area contributed by atoms with Crippen molar-refractivity contribution >= 4 is 44.4 Å². The average molecular weight is 698 g/mol. The Labute approximate surface area is 316 Å². The fourth-order valence-electron chi connectivity index (χ4n) is 8.04. The van der Waals surface area contributed by atoms with Crippen LogP contribution in [0.15, 0.2) is 158 Å². The van der Waals surface area contributed by atoms with Gasteiger partial charge < -0.3 is 9.47 Å². The molecule has 1 aliphatic heterocycles. The first-order valence-corrected chi connectivity index (χ1v) is 18.5. The van der Waals surface area contributed by atoms with Gasteiger partial charge in [0.2, 0.25) is 0 Å². The van der Waals surface area contributed by atoms with E-state index in [0.717, 1.165) is 34.4 Å².